The zero-order chi connectivity index (χ0) is 19.9. The third-order valence-electron chi connectivity index (χ3n) is 5.53. The second kappa shape index (κ2) is 6.75. The van der Waals surface area contributed by atoms with Crippen LogP contribution >= 0.6 is 0 Å². The van der Waals surface area contributed by atoms with Crippen LogP contribution in [0.25, 0.3) is 16.8 Å². The molecule has 3 aromatic carbocycles. The molecule has 0 atom stereocenters. The Labute approximate surface area is 165 Å². The van der Waals surface area contributed by atoms with E-state index in [-0.39, 0.29) is 11.4 Å². The Morgan fingerprint density at radius 1 is 0.964 bits per heavy atom. The number of rotatable bonds is 3. The second-order valence-corrected chi connectivity index (χ2v) is 7.71. The summed E-state index contributed by atoms with van der Waals surface area (Å²) in [7, 11) is 2.10. The van der Waals surface area contributed by atoms with Gasteiger partial charge in [0, 0.05) is 30.2 Å². The Morgan fingerprint density at radius 2 is 1.68 bits per heavy atom. The maximum absolute atomic E-state index is 11.6. The fourth-order valence-electron chi connectivity index (χ4n) is 4.16. The van der Waals surface area contributed by atoms with Gasteiger partial charge in [-0.3, -0.25) is 4.79 Å². The third-order valence-corrected chi connectivity index (χ3v) is 5.53. The number of nitrogens with zero attached hydrogens (tertiary/aromatic N) is 1. The lowest BCUT2D eigenvalue weighted by molar-refractivity contribution is -0.401. The quantitative estimate of drug-likeness (QED) is 0.347. The van der Waals surface area contributed by atoms with Crippen molar-refractivity contribution in [3.8, 4) is 5.75 Å². The second-order valence-electron chi connectivity index (χ2n) is 7.71. The van der Waals surface area contributed by atoms with Crippen molar-refractivity contribution >= 4 is 34.2 Å². The van der Waals surface area contributed by atoms with E-state index >= 15 is 0 Å². The maximum Gasteiger partial charge on any atom is 0.308 e. The van der Waals surface area contributed by atoms with Gasteiger partial charge in [0.1, 0.15) is 12.8 Å². The summed E-state index contributed by atoms with van der Waals surface area (Å²) in [6.07, 6.45) is 4.22. The average molecular weight is 370 g/mol. The lowest BCUT2D eigenvalue weighted by Crippen LogP contribution is -2.26. The highest BCUT2D eigenvalue weighted by Gasteiger charge is 2.42. The van der Waals surface area contributed by atoms with Crippen LogP contribution in [0.3, 0.4) is 0 Å². The summed E-state index contributed by atoms with van der Waals surface area (Å²) < 4.78 is 7.73. The van der Waals surface area contributed by atoms with Crippen molar-refractivity contribution in [3.63, 3.8) is 0 Å². The summed E-state index contributed by atoms with van der Waals surface area (Å²) in [5, 5.41) is 2.18. The molecule has 0 aromatic heterocycles. The number of hydrogen-bond acceptors (Lipinski definition) is 2. The topological polar surface area (TPSA) is 29.3 Å². The number of ether oxygens (including phenoxy) is 1. The molecule has 1 heterocycles. The Hall–Kier alpha value is -3.20. The van der Waals surface area contributed by atoms with E-state index in [1.54, 1.807) is 0 Å². The number of fused-ring (bicyclic) bond motifs is 2. The van der Waals surface area contributed by atoms with Crippen LogP contribution in [0.1, 0.15) is 31.9 Å². The van der Waals surface area contributed by atoms with Crippen molar-refractivity contribution in [1.82, 2.24) is 0 Å². The highest BCUT2D eigenvalue weighted by Crippen LogP contribution is 2.39. The van der Waals surface area contributed by atoms with Crippen LogP contribution in [-0.4, -0.2) is 23.3 Å². The van der Waals surface area contributed by atoms with Crippen molar-refractivity contribution in [2.24, 2.45) is 0 Å². The van der Waals surface area contributed by atoms with Crippen molar-refractivity contribution in [2.45, 2.75) is 26.2 Å². The van der Waals surface area contributed by atoms with Gasteiger partial charge in [-0.15, -0.1) is 0 Å². The van der Waals surface area contributed by atoms with Crippen LogP contribution < -0.4 is 4.74 Å². The lowest BCUT2D eigenvalue weighted by Gasteiger charge is -2.15. The van der Waals surface area contributed by atoms with Crippen molar-refractivity contribution < 1.29 is 14.1 Å². The van der Waals surface area contributed by atoms with Crippen LogP contribution in [0, 0.1) is 0 Å². The fraction of sp³-hybridized carbons (Fsp3) is 0.200. The van der Waals surface area contributed by atoms with Crippen LogP contribution in [-0.2, 0) is 10.2 Å². The highest BCUT2D eigenvalue weighted by atomic mass is 16.5. The molecule has 4 rings (SSSR count). The maximum atomic E-state index is 11.6. The molecule has 0 N–H and O–H groups in total. The third kappa shape index (κ3) is 2.93. The Kier molecular flexibility index (Phi) is 4.38. The summed E-state index contributed by atoms with van der Waals surface area (Å²) in [6, 6.07) is 20.5. The van der Waals surface area contributed by atoms with Crippen molar-refractivity contribution in [3.05, 3.63) is 77.9 Å². The molecule has 3 nitrogen and oxygen atoms in total. The number of para-hydroxylation sites is 1. The first-order valence-electron chi connectivity index (χ1n) is 9.48. The average Bonchev–Trinajstić information content (AvgIpc) is 2.87. The van der Waals surface area contributed by atoms with Crippen LogP contribution in [0.2, 0.25) is 0 Å². The molecule has 0 amide bonds. The first-order valence-corrected chi connectivity index (χ1v) is 9.48. The molecule has 3 aromatic rings. The summed E-state index contributed by atoms with van der Waals surface area (Å²) in [6.45, 7) is 5.91. The molecule has 3 heteroatoms. The minimum Gasteiger partial charge on any atom is -0.426 e. The number of benzene rings is 3. The van der Waals surface area contributed by atoms with E-state index in [1.807, 2.05) is 24.3 Å². The molecule has 1 aliphatic heterocycles. The van der Waals surface area contributed by atoms with E-state index in [9.17, 15) is 4.79 Å². The summed E-state index contributed by atoms with van der Waals surface area (Å²) in [5.41, 5.74) is 4.56. The summed E-state index contributed by atoms with van der Waals surface area (Å²) >= 11 is 0. The van der Waals surface area contributed by atoms with Crippen molar-refractivity contribution in [2.75, 3.05) is 7.05 Å². The fourth-order valence-corrected chi connectivity index (χ4v) is 4.16. The molecule has 0 bridgehead atoms. The van der Waals surface area contributed by atoms with Crippen molar-refractivity contribution in [1.29, 1.82) is 0 Å². The van der Waals surface area contributed by atoms with Gasteiger partial charge in [-0.25, -0.2) is 0 Å². The normalized spacial score (nSPS) is 15.3. The number of carbonyl (C=O) groups is 1. The van der Waals surface area contributed by atoms with E-state index in [4.69, 9.17) is 4.74 Å². The smallest absolute Gasteiger partial charge is 0.308 e. The first-order chi connectivity index (χ1) is 13.4. The monoisotopic (exact) mass is 370 g/mol. The van der Waals surface area contributed by atoms with E-state index in [2.05, 4.69) is 74.0 Å². The van der Waals surface area contributed by atoms with Gasteiger partial charge >= 0.3 is 5.97 Å². The molecule has 0 aliphatic carbocycles. The van der Waals surface area contributed by atoms with Crippen LogP contribution in [0.4, 0.5) is 5.69 Å². The van der Waals surface area contributed by atoms with E-state index in [0.29, 0.717) is 5.75 Å². The summed E-state index contributed by atoms with van der Waals surface area (Å²) in [5.74, 6) is 0.266. The summed E-state index contributed by atoms with van der Waals surface area (Å²) in [4.78, 5) is 11.6. The van der Waals surface area contributed by atoms with Crippen LogP contribution in [0.15, 0.2) is 66.7 Å². The molecule has 0 unspecified atom stereocenters. The van der Waals surface area contributed by atoms with Gasteiger partial charge in [-0.1, -0.05) is 48.5 Å². The molecule has 28 heavy (non-hydrogen) atoms. The molecule has 0 saturated carbocycles. The molecule has 0 fully saturated rings. The molecule has 0 radical (unpaired) electrons. The minimum atomic E-state index is -0.316. The minimum absolute atomic E-state index is 0.103. The Morgan fingerprint density at radius 3 is 2.43 bits per heavy atom. The zero-order valence-corrected chi connectivity index (χ0v) is 16.7. The molecular formula is C25H24NO2+. The van der Waals surface area contributed by atoms with Crippen LogP contribution in [0.5, 0.6) is 5.75 Å². The van der Waals surface area contributed by atoms with Gasteiger partial charge in [0.15, 0.2) is 5.71 Å². The zero-order valence-electron chi connectivity index (χ0n) is 16.7. The van der Waals surface area contributed by atoms with Gasteiger partial charge < -0.3 is 4.74 Å². The van der Waals surface area contributed by atoms with E-state index in [0.717, 1.165) is 16.3 Å². The predicted molar refractivity (Wildman–Crippen MR) is 115 cm³/mol. The molecule has 1 aliphatic rings. The number of esters is 1. The van der Waals surface area contributed by atoms with Gasteiger partial charge in [-0.2, -0.15) is 4.58 Å². The molecule has 0 saturated heterocycles. The van der Waals surface area contributed by atoms with E-state index in [1.165, 1.54) is 23.9 Å². The van der Waals surface area contributed by atoms with E-state index < -0.39 is 0 Å². The number of hydrogen-bond donors (Lipinski definition) is 0. The standard InChI is InChI=1S/C25H24NO2/c1-17(27)28-23-15-13-18-9-5-6-10-19(18)20(23)14-16-24-25(2,3)21-11-7-8-12-22(21)26(24)4/h5-16H,1-4H3/q+1/b16-14+. The SMILES string of the molecule is CC(=O)Oc1ccc2ccccc2c1/C=C/C1=[N+](C)c2ccccc2C1(C)C. The lowest BCUT2D eigenvalue weighted by atomic mass is 9.81. The first kappa shape index (κ1) is 18.2. The van der Waals surface area contributed by atoms with Gasteiger partial charge in [0.25, 0.3) is 0 Å². The number of allylic oxidation sites excluding steroid dienone is 1. The Bertz CT molecular complexity index is 1150. The predicted octanol–water partition coefficient (Wildman–Crippen LogP) is 5.48. The molecular weight excluding hydrogens is 346 g/mol. The number of carbonyl (C=O) groups excluding carboxylic acids is 1. The molecule has 0 spiro atoms. The van der Waals surface area contributed by atoms with Gasteiger partial charge in [0.2, 0.25) is 5.69 Å². The van der Waals surface area contributed by atoms with Gasteiger partial charge in [0.05, 0.1) is 5.41 Å². The largest absolute Gasteiger partial charge is 0.426 e. The van der Waals surface area contributed by atoms with Gasteiger partial charge in [-0.05, 0) is 36.8 Å². The highest BCUT2D eigenvalue weighted by molar-refractivity contribution is 6.07. The molecule has 140 valence electrons. The Balaban J connectivity index is 1.85.